The first-order chi connectivity index (χ1) is 11.1. The molecule has 1 amide bonds. The molecule has 2 atom stereocenters. The van der Waals surface area contributed by atoms with Crippen molar-refractivity contribution in [2.75, 3.05) is 13.1 Å². The maximum absolute atomic E-state index is 12.8. The van der Waals surface area contributed by atoms with Gasteiger partial charge < -0.3 is 10.6 Å². The van der Waals surface area contributed by atoms with Crippen LogP contribution in [0.2, 0.25) is 0 Å². The predicted molar refractivity (Wildman–Crippen MR) is 88.4 cm³/mol. The summed E-state index contributed by atoms with van der Waals surface area (Å²) in [7, 11) is 0. The number of nitrogens with zero attached hydrogens (tertiary/aromatic N) is 4. The first kappa shape index (κ1) is 15.7. The Hall–Kier alpha value is -2.21. The number of carbonyl (C=O) groups excluding carboxylic acids is 1. The van der Waals surface area contributed by atoms with E-state index < -0.39 is 0 Å². The monoisotopic (exact) mass is 313 g/mol. The number of piperidine rings is 1. The van der Waals surface area contributed by atoms with Crippen LogP contribution in [-0.4, -0.2) is 44.7 Å². The van der Waals surface area contributed by atoms with Crippen LogP contribution in [0.4, 0.5) is 0 Å². The van der Waals surface area contributed by atoms with Crippen LogP contribution in [0.3, 0.4) is 0 Å². The molecule has 3 rings (SSSR count). The number of aromatic nitrogens is 3. The van der Waals surface area contributed by atoms with E-state index in [1.54, 1.807) is 11.0 Å². The van der Waals surface area contributed by atoms with Crippen molar-refractivity contribution >= 4 is 5.91 Å². The molecule has 6 heteroatoms. The molecule has 2 heterocycles. The number of likely N-dealkylation sites (tertiary alicyclic amines) is 1. The van der Waals surface area contributed by atoms with Crippen LogP contribution in [0.1, 0.15) is 35.7 Å². The number of nitrogens with two attached hydrogens (primary N) is 1. The van der Waals surface area contributed by atoms with Gasteiger partial charge in [-0.3, -0.25) is 4.79 Å². The third-order valence-electron chi connectivity index (χ3n) is 4.60. The zero-order chi connectivity index (χ0) is 16.4. The highest BCUT2D eigenvalue weighted by atomic mass is 16.2. The summed E-state index contributed by atoms with van der Waals surface area (Å²) in [6, 6.07) is 5.84. The van der Waals surface area contributed by atoms with Crippen molar-refractivity contribution in [3.8, 4) is 5.69 Å². The number of hydrogen-bond acceptors (Lipinski definition) is 4. The third kappa shape index (κ3) is 3.27. The van der Waals surface area contributed by atoms with E-state index in [9.17, 15) is 4.79 Å². The van der Waals surface area contributed by atoms with Crippen LogP contribution in [0.5, 0.6) is 0 Å². The lowest BCUT2D eigenvalue weighted by molar-refractivity contribution is 0.0661. The van der Waals surface area contributed by atoms with Crippen molar-refractivity contribution in [3.63, 3.8) is 0 Å². The van der Waals surface area contributed by atoms with Crippen molar-refractivity contribution < 1.29 is 4.79 Å². The number of aryl methyl sites for hydroxylation is 1. The Labute approximate surface area is 136 Å². The minimum Gasteiger partial charge on any atom is -0.338 e. The van der Waals surface area contributed by atoms with Crippen LogP contribution in [-0.2, 0) is 0 Å². The molecule has 1 aromatic heterocycles. The van der Waals surface area contributed by atoms with Crippen molar-refractivity contribution in [2.45, 2.75) is 32.7 Å². The second-order valence-corrected chi connectivity index (χ2v) is 6.35. The summed E-state index contributed by atoms with van der Waals surface area (Å²) in [6.45, 7) is 5.57. The van der Waals surface area contributed by atoms with E-state index >= 15 is 0 Å². The van der Waals surface area contributed by atoms with Crippen LogP contribution in [0.25, 0.3) is 5.69 Å². The molecular weight excluding hydrogens is 290 g/mol. The highest BCUT2D eigenvalue weighted by molar-refractivity contribution is 5.94. The van der Waals surface area contributed by atoms with E-state index in [0.717, 1.165) is 42.7 Å². The van der Waals surface area contributed by atoms with Gasteiger partial charge in [0.05, 0.1) is 5.69 Å². The van der Waals surface area contributed by atoms with Gasteiger partial charge in [-0.2, -0.15) is 5.10 Å². The highest BCUT2D eigenvalue weighted by Crippen LogP contribution is 2.22. The fraction of sp³-hybridized carbons (Fsp3) is 0.471. The van der Waals surface area contributed by atoms with Crippen molar-refractivity contribution in [1.82, 2.24) is 19.7 Å². The highest BCUT2D eigenvalue weighted by Gasteiger charge is 2.26. The SMILES string of the molecule is Cc1cc(C(=O)N2CCCC(C(C)N)C2)ccc1-n1cncn1. The molecule has 0 spiro atoms. The van der Waals surface area contributed by atoms with Gasteiger partial charge in [0.15, 0.2) is 0 Å². The molecule has 0 bridgehead atoms. The minimum atomic E-state index is 0.0867. The lowest BCUT2D eigenvalue weighted by atomic mass is 9.92. The summed E-state index contributed by atoms with van der Waals surface area (Å²) in [5, 5.41) is 4.14. The fourth-order valence-corrected chi connectivity index (χ4v) is 3.18. The molecule has 2 N–H and O–H groups in total. The zero-order valence-corrected chi connectivity index (χ0v) is 13.6. The van der Waals surface area contributed by atoms with Gasteiger partial charge in [0.25, 0.3) is 5.91 Å². The minimum absolute atomic E-state index is 0.0867. The Bertz CT molecular complexity index is 680. The number of benzene rings is 1. The number of rotatable bonds is 3. The summed E-state index contributed by atoms with van der Waals surface area (Å²) < 4.78 is 1.70. The second-order valence-electron chi connectivity index (χ2n) is 6.35. The van der Waals surface area contributed by atoms with E-state index in [1.165, 1.54) is 6.33 Å². The van der Waals surface area contributed by atoms with Gasteiger partial charge in [-0.1, -0.05) is 0 Å². The molecule has 0 radical (unpaired) electrons. The van der Waals surface area contributed by atoms with E-state index in [2.05, 4.69) is 10.1 Å². The van der Waals surface area contributed by atoms with Gasteiger partial charge in [0.2, 0.25) is 0 Å². The molecule has 1 fully saturated rings. The Morgan fingerprint density at radius 1 is 1.43 bits per heavy atom. The van der Waals surface area contributed by atoms with Gasteiger partial charge in [0, 0.05) is 24.7 Å². The van der Waals surface area contributed by atoms with Crippen LogP contribution in [0.15, 0.2) is 30.9 Å². The molecule has 0 aliphatic carbocycles. The van der Waals surface area contributed by atoms with Crippen molar-refractivity contribution in [3.05, 3.63) is 42.0 Å². The number of amides is 1. The van der Waals surface area contributed by atoms with E-state index in [4.69, 9.17) is 5.73 Å². The maximum atomic E-state index is 12.8. The van der Waals surface area contributed by atoms with Gasteiger partial charge in [-0.25, -0.2) is 9.67 Å². The van der Waals surface area contributed by atoms with Gasteiger partial charge in [-0.05, 0) is 56.4 Å². The summed E-state index contributed by atoms with van der Waals surface area (Å²) >= 11 is 0. The first-order valence-electron chi connectivity index (χ1n) is 8.07. The second kappa shape index (κ2) is 6.50. The molecule has 1 aromatic carbocycles. The lowest BCUT2D eigenvalue weighted by Gasteiger charge is -2.34. The average Bonchev–Trinajstić information content (AvgIpc) is 3.08. The molecule has 1 aliphatic rings. The molecule has 1 aliphatic heterocycles. The first-order valence-corrected chi connectivity index (χ1v) is 8.07. The molecule has 23 heavy (non-hydrogen) atoms. The summed E-state index contributed by atoms with van der Waals surface area (Å²) in [5.41, 5.74) is 8.67. The average molecular weight is 313 g/mol. The molecule has 2 unspecified atom stereocenters. The van der Waals surface area contributed by atoms with E-state index in [1.807, 2.05) is 36.9 Å². The largest absolute Gasteiger partial charge is 0.338 e. The Kier molecular flexibility index (Phi) is 4.43. The smallest absolute Gasteiger partial charge is 0.253 e. The van der Waals surface area contributed by atoms with Gasteiger partial charge >= 0.3 is 0 Å². The Morgan fingerprint density at radius 3 is 2.91 bits per heavy atom. The molecule has 0 saturated carbocycles. The molecule has 1 saturated heterocycles. The van der Waals surface area contributed by atoms with Crippen LogP contribution in [0, 0.1) is 12.8 Å². The zero-order valence-electron chi connectivity index (χ0n) is 13.6. The Morgan fingerprint density at radius 2 is 2.26 bits per heavy atom. The molecule has 122 valence electrons. The maximum Gasteiger partial charge on any atom is 0.253 e. The normalized spacial score (nSPS) is 19.6. The summed E-state index contributed by atoms with van der Waals surface area (Å²) in [5.74, 6) is 0.479. The molecule has 6 nitrogen and oxygen atoms in total. The van der Waals surface area contributed by atoms with Crippen LogP contribution >= 0.6 is 0 Å². The van der Waals surface area contributed by atoms with Crippen molar-refractivity contribution in [2.24, 2.45) is 11.7 Å². The summed E-state index contributed by atoms with van der Waals surface area (Å²) in [6.07, 6.45) is 5.28. The number of hydrogen-bond donors (Lipinski definition) is 1. The van der Waals surface area contributed by atoms with Crippen LogP contribution < -0.4 is 5.73 Å². The van der Waals surface area contributed by atoms with E-state index in [-0.39, 0.29) is 11.9 Å². The molecule has 2 aromatic rings. The molecular formula is C17H23N5O. The topological polar surface area (TPSA) is 77.0 Å². The van der Waals surface area contributed by atoms with Gasteiger partial charge in [0.1, 0.15) is 12.7 Å². The standard InChI is InChI=1S/C17H23N5O/c1-12-8-14(5-6-16(12)22-11-19-10-20-22)17(23)21-7-3-4-15(9-21)13(2)18/h5-6,8,10-11,13,15H,3-4,7,9,18H2,1-2H3. The lowest BCUT2D eigenvalue weighted by Crippen LogP contribution is -2.45. The Balaban J connectivity index is 1.79. The van der Waals surface area contributed by atoms with Gasteiger partial charge in [-0.15, -0.1) is 0 Å². The quantitative estimate of drug-likeness (QED) is 0.937. The fourth-order valence-electron chi connectivity index (χ4n) is 3.18. The third-order valence-corrected chi connectivity index (χ3v) is 4.60. The predicted octanol–water partition coefficient (Wildman–Crippen LogP) is 1.78. The number of carbonyl (C=O) groups is 1. The van der Waals surface area contributed by atoms with E-state index in [0.29, 0.717) is 5.92 Å². The summed E-state index contributed by atoms with van der Waals surface area (Å²) in [4.78, 5) is 18.7. The van der Waals surface area contributed by atoms with Crippen molar-refractivity contribution in [1.29, 1.82) is 0 Å².